The SMILES string of the molecule is COc1cc(-c2cc(NCCn3c(C)cc4c(C)ccc(F)c43)ncn2)ccc1C(=O)O. The standard InChI is InChI=1S/C24H23FN4O3/c1-14-4-7-19(25)23-18(14)10-15(2)29(23)9-8-26-22-12-20(27-13-28-22)16-5-6-17(24(30)31)21(11-16)32-3/h4-7,10-13H,8-9H2,1-3H3,(H,30,31)(H,26,27,28). The number of aromatic carboxylic acids is 1. The third-order valence-corrected chi connectivity index (χ3v) is 5.47. The number of hydrogen-bond donors (Lipinski definition) is 2. The Bertz CT molecular complexity index is 1320. The molecule has 32 heavy (non-hydrogen) atoms. The minimum absolute atomic E-state index is 0.0837. The van der Waals surface area contributed by atoms with Crippen molar-refractivity contribution in [3.05, 3.63) is 71.4 Å². The van der Waals surface area contributed by atoms with Gasteiger partial charge >= 0.3 is 5.97 Å². The number of aromatic nitrogens is 3. The molecule has 2 aromatic heterocycles. The number of ether oxygens (including phenoxy) is 1. The first-order chi connectivity index (χ1) is 15.4. The van der Waals surface area contributed by atoms with E-state index in [4.69, 9.17) is 4.74 Å². The number of carbonyl (C=O) groups is 1. The lowest BCUT2D eigenvalue weighted by atomic mass is 10.1. The van der Waals surface area contributed by atoms with Crippen LogP contribution in [0.1, 0.15) is 21.6 Å². The van der Waals surface area contributed by atoms with Crippen LogP contribution in [-0.4, -0.2) is 39.3 Å². The van der Waals surface area contributed by atoms with Gasteiger partial charge in [-0.3, -0.25) is 0 Å². The first-order valence-electron chi connectivity index (χ1n) is 10.1. The lowest BCUT2D eigenvalue weighted by Crippen LogP contribution is -2.13. The van der Waals surface area contributed by atoms with Crippen molar-refractivity contribution in [1.29, 1.82) is 0 Å². The summed E-state index contributed by atoms with van der Waals surface area (Å²) in [5.41, 5.74) is 4.06. The molecule has 2 aromatic carbocycles. The zero-order valence-corrected chi connectivity index (χ0v) is 18.0. The molecule has 4 rings (SSSR count). The van der Waals surface area contributed by atoms with Crippen LogP contribution in [0.5, 0.6) is 5.75 Å². The number of halogens is 1. The average molecular weight is 434 g/mol. The van der Waals surface area contributed by atoms with Gasteiger partial charge in [-0.1, -0.05) is 12.1 Å². The molecular weight excluding hydrogens is 411 g/mol. The molecule has 2 N–H and O–H groups in total. The van der Waals surface area contributed by atoms with Gasteiger partial charge in [0.25, 0.3) is 0 Å². The highest BCUT2D eigenvalue weighted by atomic mass is 19.1. The van der Waals surface area contributed by atoms with Crippen LogP contribution in [0.3, 0.4) is 0 Å². The number of carboxylic acid groups (broad SMARTS) is 1. The fourth-order valence-corrected chi connectivity index (χ4v) is 3.82. The van der Waals surface area contributed by atoms with E-state index >= 15 is 0 Å². The number of nitrogens with zero attached hydrogens (tertiary/aromatic N) is 3. The quantitative estimate of drug-likeness (QED) is 0.439. The maximum atomic E-state index is 14.5. The van der Waals surface area contributed by atoms with Crippen molar-refractivity contribution in [1.82, 2.24) is 14.5 Å². The van der Waals surface area contributed by atoms with Crippen LogP contribution in [0, 0.1) is 19.7 Å². The zero-order valence-electron chi connectivity index (χ0n) is 18.0. The van der Waals surface area contributed by atoms with Gasteiger partial charge in [-0.2, -0.15) is 0 Å². The summed E-state index contributed by atoms with van der Waals surface area (Å²) in [5, 5.41) is 13.4. The van der Waals surface area contributed by atoms with Crippen molar-refractivity contribution in [2.45, 2.75) is 20.4 Å². The fourth-order valence-electron chi connectivity index (χ4n) is 3.82. The summed E-state index contributed by atoms with van der Waals surface area (Å²) in [7, 11) is 1.43. The number of hydrogen-bond acceptors (Lipinski definition) is 5. The van der Waals surface area contributed by atoms with Crippen molar-refractivity contribution >= 4 is 22.7 Å². The topological polar surface area (TPSA) is 89.3 Å². The third-order valence-electron chi connectivity index (χ3n) is 5.47. The number of methoxy groups -OCH3 is 1. The molecule has 4 aromatic rings. The highest BCUT2D eigenvalue weighted by molar-refractivity contribution is 5.92. The van der Waals surface area contributed by atoms with Gasteiger partial charge in [0.1, 0.15) is 29.3 Å². The Hall–Kier alpha value is -3.94. The minimum Gasteiger partial charge on any atom is -0.496 e. The predicted octanol–water partition coefficient (Wildman–Crippen LogP) is 4.67. The van der Waals surface area contributed by atoms with Crippen LogP contribution in [-0.2, 0) is 6.54 Å². The van der Waals surface area contributed by atoms with Crippen molar-refractivity contribution in [3.63, 3.8) is 0 Å². The Kier molecular flexibility index (Phi) is 5.77. The molecule has 8 heteroatoms. The molecule has 0 atom stereocenters. The van der Waals surface area contributed by atoms with Gasteiger partial charge < -0.3 is 19.7 Å². The maximum Gasteiger partial charge on any atom is 0.339 e. The fraction of sp³-hybridized carbons (Fsp3) is 0.208. The van der Waals surface area contributed by atoms with E-state index in [0.29, 0.717) is 35.7 Å². The largest absolute Gasteiger partial charge is 0.496 e. The molecular formula is C24H23FN4O3. The molecule has 0 aliphatic rings. The number of carboxylic acids is 1. The number of rotatable bonds is 7. The van der Waals surface area contributed by atoms with E-state index in [9.17, 15) is 14.3 Å². The molecule has 0 spiro atoms. The number of anilines is 1. The van der Waals surface area contributed by atoms with E-state index in [2.05, 4.69) is 15.3 Å². The number of fused-ring (bicyclic) bond motifs is 1. The summed E-state index contributed by atoms with van der Waals surface area (Å²) in [6.07, 6.45) is 1.44. The van der Waals surface area contributed by atoms with E-state index in [1.165, 1.54) is 25.6 Å². The van der Waals surface area contributed by atoms with Crippen LogP contribution in [0.25, 0.3) is 22.2 Å². The zero-order chi connectivity index (χ0) is 22.8. The maximum absolute atomic E-state index is 14.5. The van der Waals surface area contributed by atoms with Crippen LogP contribution in [0.15, 0.2) is 48.8 Å². The second-order valence-corrected chi connectivity index (χ2v) is 7.50. The molecule has 0 aliphatic carbocycles. The Morgan fingerprint density at radius 3 is 2.72 bits per heavy atom. The predicted molar refractivity (Wildman–Crippen MR) is 121 cm³/mol. The highest BCUT2D eigenvalue weighted by Crippen LogP contribution is 2.28. The summed E-state index contributed by atoms with van der Waals surface area (Å²) in [6.45, 7) is 5.05. The van der Waals surface area contributed by atoms with E-state index < -0.39 is 5.97 Å². The number of benzene rings is 2. The first-order valence-corrected chi connectivity index (χ1v) is 10.1. The molecule has 0 radical (unpaired) electrons. The molecule has 0 aliphatic heterocycles. The molecule has 0 saturated carbocycles. The van der Waals surface area contributed by atoms with Gasteiger partial charge in [0.15, 0.2) is 0 Å². The average Bonchev–Trinajstić information content (AvgIpc) is 3.13. The van der Waals surface area contributed by atoms with E-state index in [-0.39, 0.29) is 17.1 Å². The summed E-state index contributed by atoms with van der Waals surface area (Å²) in [6, 6.07) is 11.9. The molecule has 0 amide bonds. The van der Waals surface area contributed by atoms with Gasteiger partial charge in [0, 0.05) is 35.8 Å². The molecule has 2 heterocycles. The Balaban J connectivity index is 1.53. The minimum atomic E-state index is -1.06. The monoisotopic (exact) mass is 434 g/mol. The van der Waals surface area contributed by atoms with Gasteiger partial charge in [-0.05, 0) is 43.7 Å². The van der Waals surface area contributed by atoms with Gasteiger partial charge in [0.05, 0.1) is 18.3 Å². The molecule has 164 valence electrons. The van der Waals surface area contributed by atoms with Crippen molar-refractivity contribution in [3.8, 4) is 17.0 Å². The van der Waals surface area contributed by atoms with Gasteiger partial charge in [-0.15, -0.1) is 0 Å². The lowest BCUT2D eigenvalue weighted by molar-refractivity contribution is 0.0693. The van der Waals surface area contributed by atoms with E-state index in [0.717, 1.165) is 16.6 Å². The van der Waals surface area contributed by atoms with E-state index in [1.54, 1.807) is 24.3 Å². The second-order valence-electron chi connectivity index (χ2n) is 7.50. The third kappa shape index (κ3) is 3.99. The van der Waals surface area contributed by atoms with Crippen molar-refractivity contribution < 1.29 is 19.0 Å². The molecule has 0 unspecified atom stereocenters. The molecule has 0 fully saturated rings. The normalized spacial score (nSPS) is 11.0. The lowest BCUT2D eigenvalue weighted by Gasteiger charge is -2.12. The van der Waals surface area contributed by atoms with Gasteiger partial charge in [-0.25, -0.2) is 19.2 Å². The Morgan fingerprint density at radius 2 is 1.97 bits per heavy atom. The molecule has 7 nitrogen and oxygen atoms in total. The smallest absolute Gasteiger partial charge is 0.339 e. The van der Waals surface area contributed by atoms with Crippen molar-refractivity contribution in [2.75, 3.05) is 19.0 Å². The van der Waals surface area contributed by atoms with Crippen molar-refractivity contribution in [2.24, 2.45) is 0 Å². The summed E-state index contributed by atoms with van der Waals surface area (Å²) < 4.78 is 21.6. The van der Waals surface area contributed by atoms with Gasteiger partial charge in [0.2, 0.25) is 0 Å². The van der Waals surface area contributed by atoms with Crippen LogP contribution in [0.4, 0.5) is 10.2 Å². The number of aryl methyl sites for hydroxylation is 2. The molecule has 0 bridgehead atoms. The van der Waals surface area contributed by atoms with E-state index in [1.807, 2.05) is 24.5 Å². The number of nitrogens with one attached hydrogen (secondary N) is 1. The van der Waals surface area contributed by atoms with Crippen LogP contribution in [0.2, 0.25) is 0 Å². The van der Waals surface area contributed by atoms with Crippen LogP contribution < -0.4 is 10.1 Å². The summed E-state index contributed by atoms with van der Waals surface area (Å²) in [4.78, 5) is 19.8. The summed E-state index contributed by atoms with van der Waals surface area (Å²) >= 11 is 0. The van der Waals surface area contributed by atoms with Crippen LogP contribution >= 0.6 is 0 Å². The Morgan fingerprint density at radius 1 is 1.16 bits per heavy atom. The Labute approximate surface area is 184 Å². The highest BCUT2D eigenvalue weighted by Gasteiger charge is 2.14. The second kappa shape index (κ2) is 8.66. The first kappa shape index (κ1) is 21.3. The summed E-state index contributed by atoms with van der Waals surface area (Å²) in [5.74, 6) is -0.419. The molecule has 0 saturated heterocycles.